The summed E-state index contributed by atoms with van der Waals surface area (Å²) in [7, 11) is -3.68. The molecular formula is C21H21FN4O3S. The van der Waals surface area contributed by atoms with Gasteiger partial charge in [-0.1, -0.05) is 0 Å². The summed E-state index contributed by atoms with van der Waals surface area (Å²) in [5, 5.41) is 10.4. The zero-order chi connectivity index (χ0) is 21.5. The highest BCUT2D eigenvalue weighted by Crippen LogP contribution is 2.38. The van der Waals surface area contributed by atoms with Crippen LogP contribution in [0.2, 0.25) is 0 Å². The van der Waals surface area contributed by atoms with E-state index in [1.54, 1.807) is 26.0 Å². The number of pyridine rings is 1. The number of benzene rings is 1. The van der Waals surface area contributed by atoms with Crippen LogP contribution in [0.1, 0.15) is 31.9 Å². The summed E-state index contributed by atoms with van der Waals surface area (Å²) in [5.41, 5.74) is 2.01. The maximum atomic E-state index is 13.9. The summed E-state index contributed by atoms with van der Waals surface area (Å²) in [6, 6.07) is 9.30. The normalized spacial score (nSPS) is 17.0. The Bertz CT molecular complexity index is 1240. The van der Waals surface area contributed by atoms with Gasteiger partial charge in [0.15, 0.2) is 0 Å². The Morgan fingerprint density at radius 1 is 1.33 bits per heavy atom. The molecule has 1 aliphatic heterocycles. The molecule has 30 heavy (non-hydrogen) atoms. The lowest BCUT2D eigenvalue weighted by molar-refractivity contribution is 0.187. The minimum Gasteiger partial charge on any atom is -0.379 e. The molecule has 4 rings (SSSR count). The topological polar surface area (TPSA) is 97.0 Å². The van der Waals surface area contributed by atoms with Crippen molar-refractivity contribution in [3.8, 4) is 17.5 Å². The number of nitrogens with zero attached hydrogens (tertiary/aromatic N) is 3. The van der Waals surface area contributed by atoms with Crippen molar-refractivity contribution in [1.29, 1.82) is 5.26 Å². The molecule has 1 saturated heterocycles. The molecule has 0 saturated carbocycles. The highest BCUT2D eigenvalue weighted by atomic mass is 32.2. The Morgan fingerprint density at radius 3 is 2.73 bits per heavy atom. The van der Waals surface area contributed by atoms with Crippen LogP contribution in [-0.2, 0) is 14.8 Å². The van der Waals surface area contributed by atoms with E-state index < -0.39 is 15.8 Å². The Labute approximate surface area is 174 Å². The van der Waals surface area contributed by atoms with Crippen LogP contribution in [0.4, 0.5) is 4.39 Å². The van der Waals surface area contributed by atoms with Gasteiger partial charge in [0, 0.05) is 24.2 Å². The van der Waals surface area contributed by atoms with E-state index in [2.05, 4.69) is 15.8 Å². The van der Waals surface area contributed by atoms with Gasteiger partial charge in [-0.3, -0.25) is 4.98 Å². The summed E-state index contributed by atoms with van der Waals surface area (Å²) in [6.07, 6.45) is 2.03. The molecule has 1 fully saturated rings. The van der Waals surface area contributed by atoms with Crippen molar-refractivity contribution in [2.75, 3.05) is 13.2 Å². The second-order valence-electron chi connectivity index (χ2n) is 7.54. The molecule has 0 amide bonds. The van der Waals surface area contributed by atoms with E-state index >= 15 is 0 Å². The number of rotatable bonds is 5. The molecule has 3 aromatic rings. The van der Waals surface area contributed by atoms with E-state index in [4.69, 9.17) is 4.74 Å². The van der Waals surface area contributed by atoms with E-state index in [0.717, 1.165) is 11.9 Å². The van der Waals surface area contributed by atoms with Gasteiger partial charge in [0.2, 0.25) is 10.0 Å². The second kappa shape index (κ2) is 7.80. The van der Waals surface area contributed by atoms with E-state index in [-0.39, 0.29) is 17.0 Å². The standard InChI is InChI=1S/C21H21FN4O3S/c1-13(2)25-30(27,28)16-4-5-19(24-11-16)21-18(10-23)17-9-14(22)3-6-20(17)26(21)15-7-8-29-12-15/h3-6,9,11,13,15,25H,7-8,12H2,1-2H3. The SMILES string of the molecule is CC(C)NS(=O)(=O)c1ccc(-c2c(C#N)c3cc(F)ccc3n2C2CCOC2)nc1. The van der Waals surface area contributed by atoms with Crippen LogP contribution in [0.25, 0.3) is 22.3 Å². The maximum absolute atomic E-state index is 13.9. The first-order valence-corrected chi connectivity index (χ1v) is 11.1. The van der Waals surface area contributed by atoms with Crippen molar-refractivity contribution >= 4 is 20.9 Å². The third-order valence-corrected chi connectivity index (χ3v) is 6.67. The van der Waals surface area contributed by atoms with Gasteiger partial charge in [-0.05, 0) is 50.6 Å². The van der Waals surface area contributed by atoms with E-state index in [0.29, 0.717) is 35.6 Å². The number of hydrogen-bond acceptors (Lipinski definition) is 5. The van der Waals surface area contributed by atoms with Crippen LogP contribution in [0.15, 0.2) is 41.4 Å². The van der Waals surface area contributed by atoms with Gasteiger partial charge in [-0.15, -0.1) is 0 Å². The van der Waals surface area contributed by atoms with E-state index in [9.17, 15) is 18.1 Å². The van der Waals surface area contributed by atoms with Crippen molar-refractivity contribution in [2.24, 2.45) is 0 Å². The first-order valence-electron chi connectivity index (χ1n) is 9.62. The number of fused-ring (bicyclic) bond motifs is 1. The molecule has 1 unspecified atom stereocenters. The fraction of sp³-hybridized carbons (Fsp3) is 0.333. The second-order valence-corrected chi connectivity index (χ2v) is 9.25. The lowest BCUT2D eigenvalue weighted by atomic mass is 10.1. The Morgan fingerprint density at radius 2 is 2.13 bits per heavy atom. The van der Waals surface area contributed by atoms with Crippen LogP contribution >= 0.6 is 0 Å². The number of ether oxygens (including phenoxy) is 1. The molecule has 0 radical (unpaired) electrons. The van der Waals surface area contributed by atoms with Crippen LogP contribution in [0.5, 0.6) is 0 Å². The van der Waals surface area contributed by atoms with Crippen molar-refractivity contribution in [2.45, 2.75) is 37.2 Å². The lowest BCUT2D eigenvalue weighted by Gasteiger charge is -2.17. The molecule has 0 spiro atoms. The minimum atomic E-state index is -3.68. The van der Waals surface area contributed by atoms with Crippen molar-refractivity contribution < 1.29 is 17.5 Å². The average molecular weight is 428 g/mol. The summed E-state index contributed by atoms with van der Waals surface area (Å²) in [4.78, 5) is 4.39. The van der Waals surface area contributed by atoms with E-state index in [1.165, 1.54) is 24.4 Å². The van der Waals surface area contributed by atoms with Gasteiger partial charge in [-0.25, -0.2) is 17.5 Å². The van der Waals surface area contributed by atoms with Crippen LogP contribution in [-0.4, -0.2) is 37.2 Å². The monoisotopic (exact) mass is 428 g/mol. The third kappa shape index (κ3) is 3.58. The van der Waals surface area contributed by atoms with Gasteiger partial charge in [0.1, 0.15) is 16.8 Å². The predicted octanol–water partition coefficient (Wildman–Crippen LogP) is 3.36. The largest absolute Gasteiger partial charge is 0.379 e. The molecular weight excluding hydrogens is 407 g/mol. The molecule has 2 aromatic heterocycles. The molecule has 7 nitrogen and oxygen atoms in total. The summed E-state index contributed by atoms with van der Waals surface area (Å²) in [5.74, 6) is -0.431. The minimum absolute atomic E-state index is 0.0251. The summed E-state index contributed by atoms with van der Waals surface area (Å²) < 4.78 is 48.7. The molecule has 3 heterocycles. The molecule has 156 valence electrons. The van der Waals surface area contributed by atoms with Gasteiger partial charge < -0.3 is 9.30 Å². The zero-order valence-electron chi connectivity index (χ0n) is 16.6. The maximum Gasteiger partial charge on any atom is 0.242 e. The highest BCUT2D eigenvalue weighted by Gasteiger charge is 2.28. The highest BCUT2D eigenvalue weighted by molar-refractivity contribution is 7.89. The lowest BCUT2D eigenvalue weighted by Crippen LogP contribution is -2.30. The van der Waals surface area contributed by atoms with Crippen molar-refractivity contribution in [1.82, 2.24) is 14.3 Å². The Balaban J connectivity index is 1.90. The smallest absolute Gasteiger partial charge is 0.242 e. The number of nitriles is 1. The molecule has 1 aromatic carbocycles. The van der Waals surface area contributed by atoms with Crippen LogP contribution in [0.3, 0.4) is 0 Å². The number of sulfonamides is 1. The quantitative estimate of drug-likeness (QED) is 0.672. The summed E-state index contributed by atoms with van der Waals surface area (Å²) >= 11 is 0. The first kappa shape index (κ1) is 20.5. The van der Waals surface area contributed by atoms with Crippen LogP contribution < -0.4 is 4.72 Å². The van der Waals surface area contributed by atoms with Crippen LogP contribution in [0, 0.1) is 17.1 Å². The number of hydrogen-bond donors (Lipinski definition) is 1. The molecule has 0 aliphatic carbocycles. The third-order valence-electron chi connectivity index (χ3n) is 5.03. The van der Waals surface area contributed by atoms with Gasteiger partial charge in [0.25, 0.3) is 0 Å². The van der Waals surface area contributed by atoms with E-state index in [1.807, 2.05) is 4.57 Å². The van der Waals surface area contributed by atoms with Gasteiger partial charge >= 0.3 is 0 Å². The Kier molecular flexibility index (Phi) is 5.32. The fourth-order valence-electron chi connectivity index (χ4n) is 3.81. The number of aromatic nitrogens is 2. The fourth-order valence-corrected chi connectivity index (χ4v) is 5.01. The molecule has 9 heteroatoms. The number of nitrogens with one attached hydrogen (secondary N) is 1. The van der Waals surface area contributed by atoms with Crippen molar-refractivity contribution in [3.63, 3.8) is 0 Å². The predicted molar refractivity (Wildman–Crippen MR) is 110 cm³/mol. The van der Waals surface area contributed by atoms with Gasteiger partial charge in [-0.2, -0.15) is 5.26 Å². The Hall–Kier alpha value is -2.80. The molecule has 1 atom stereocenters. The zero-order valence-corrected chi connectivity index (χ0v) is 17.4. The number of halogens is 1. The summed E-state index contributed by atoms with van der Waals surface area (Å²) in [6.45, 7) is 4.54. The molecule has 0 bridgehead atoms. The molecule has 1 N–H and O–H groups in total. The first-order chi connectivity index (χ1) is 14.3. The van der Waals surface area contributed by atoms with Gasteiger partial charge in [0.05, 0.1) is 35.1 Å². The molecule has 1 aliphatic rings. The average Bonchev–Trinajstić information content (AvgIpc) is 3.32. The van der Waals surface area contributed by atoms with Crippen molar-refractivity contribution in [3.05, 3.63) is 47.9 Å².